The van der Waals surface area contributed by atoms with Gasteiger partial charge in [0.15, 0.2) is 5.58 Å². The number of aromatic nitrogens is 1. The van der Waals surface area contributed by atoms with E-state index in [1.54, 1.807) is 0 Å². The Morgan fingerprint density at radius 1 is 0.500 bits per heavy atom. The number of furan rings is 1. The number of oxazole rings is 1. The summed E-state index contributed by atoms with van der Waals surface area (Å²) in [5, 5.41) is 2.04. The van der Waals surface area contributed by atoms with Crippen LogP contribution < -0.4 is 4.90 Å². The van der Waals surface area contributed by atoms with Gasteiger partial charge in [-0.25, -0.2) is 4.98 Å². The maximum Gasteiger partial charge on any atom is 0.227 e. The van der Waals surface area contributed by atoms with Crippen LogP contribution in [0.4, 0.5) is 17.1 Å². The van der Waals surface area contributed by atoms with Crippen LogP contribution in [0.2, 0.25) is 0 Å². The average molecular weight is 645 g/mol. The normalized spacial score (nSPS) is 13.2. The van der Waals surface area contributed by atoms with Crippen molar-refractivity contribution < 1.29 is 8.83 Å². The molecule has 50 heavy (non-hydrogen) atoms. The van der Waals surface area contributed by atoms with E-state index in [4.69, 9.17) is 13.8 Å². The van der Waals surface area contributed by atoms with Gasteiger partial charge in [0.1, 0.15) is 16.7 Å². The number of anilines is 3. The first-order valence-corrected chi connectivity index (χ1v) is 17.0. The number of nitrogens with zero attached hydrogens (tertiary/aromatic N) is 2. The van der Waals surface area contributed by atoms with Crippen LogP contribution in [0, 0.1) is 0 Å². The second-order valence-corrected chi connectivity index (χ2v) is 13.6. The van der Waals surface area contributed by atoms with Gasteiger partial charge in [-0.15, -0.1) is 0 Å². The third kappa shape index (κ3) is 4.35. The molecule has 1 aliphatic rings. The highest BCUT2D eigenvalue weighted by Gasteiger charge is 2.37. The molecule has 2 heterocycles. The fraction of sp³-hybridized carbons (Fsp3) is 0.0652. The molecular weight excluding hydrogens is 613 g/mol. The van der Waals surface area contributed by atoms with Gasteiger partial charge in [-0.2, -0.15) is 0 Å². The Hall–Kier alpha value is -6.39. The Morgan fingerprint density at radius 3 is 1.96 bits per heavy atom. The Morgan fingerprint density at radius 2 is 1.16 bits per heavy atom. The topological polar surface area (TPSA) is 42.4 Å². The first-order valence-electron chi connectivity index (χ1n) is 17.0. The fourth-order valence-corrected chi connectivity index (χ4v) is 7.81. The van der Waals surface area contributed by atoms with E-state index in [0.717, 1.165) is 55.7 Å². The van der Waals surface area contributed by atoms with E-state index in [1.807, 2.05) is 36.4 Å². The van der Waals surface area contributed by atoms with E-state index in [0.29, 0.717) is 5.89 Å². The van der Waals surface area contributed by atoms with E-state index in [2.05, 4.69) is 140 Å². The molecule has 0 bridgehead atoms. The van der Waals surface area contributed by atoms with Crippen molar-refractivity contribution in [2.24, 2.45) is 0 Å². The number of hydrogen-bond acceptors (Lipinski definition) is 4. The second kappa shape index (κ2) is 10.8. The average Bonchev–Trinajstić information content (AvgIpc) is 3.81. The minimum atomic E-state index is -0.112. The lowest BCUT2D eigenvalue weighted by Crippen LogP contribution is -2.16. The van der Waals surface area contributed by atoms with E-state index in [-0.39, 0.29) is 5.41 Å². The van der Waals surface area contributed by atoms with E-state index in [9.17, 15) is 0 Å². The summed E-state index contributed by atoms with van der Waals surface area (Å²) in [5.74, 6) is 0.605. The van der Waals surface area contributed by atoms with Crippen molar-refractivity contribution in [1.82, 2.24) is 4.98 Å². The molecule has 0 N–H and O–H groups in total. The van der Waals surface area contributed by atoms with Gasteiger partial charge in [0.25, 0.3) is 0 Å². The molecule has 2 aromatic heterocycles. The highest BCUT2D eigenvalue weighted by molar-refractivity contribution is 6.10. The van der Waals surface area contributed by atoms with Gasteiger partial charge in [0, 0.05) is 50.8 Å². The van der Waals surface area contributed by atoms with Crippen LogP contribution in [0.5, 0.6) is 0 Å². The van der Waals surface area contributed by atoms with Crippen LogP contribution in [-0.4, -0.2) is 4.98 Å². The molecule has 9 aromatic rings. The Balaban J connectivity index is 1.15. The number of fused-ring (bicyclic) bond motifs is 7. The van der Waals surface area contributed by atoms with Gasteiger partial charge in [-0.1, -0.05) is 111 Å². The molecule has 238 valence electrons. The third-order valence-electron chi connectivity index (χ3n) is 10.3. The minimum absolute atomic E-state index is 0.112. The molecule has 0 aliphatic heterocycles. The van der Waals surface area contributed by atoms with Gasteiger partial charge >= 0.3 is 0 Å². The van der Waals surface area contributed by atoms with Crippen molar-refractivity contribution in [3.63, 3.8) is 0 Å². The van der Waals surface area contributed by atoms with Gasteiger partial charge in [0.2, 0.25) is 5.89 Å². The van der Waals surface area contributed by atoms with Gasteiger partial charge in [0.05, 0.1) is 5.69 Å². The summed E-state index contributed by atoms with van der Waals surface area (Å²) < 4.78 is 12.8. The zero-order valence-corrected chi connectivity index (χ0v) is 27.7. The summed E-state index contributed by atoms with van der Waals surface area (Å²) in [4.78, 5) is 7.16. The molecule has 0 saturated carbocycles. The summed E-state index contributed by atoms with van der Waals surface area (Å²) >= 11 is 0. The number of rotatable bonds is 5. The molecule has 0 unspecified atom stereocenters. The van der Waals surface area contributed by atoms with E-state index < -0.39 is 0 Å². The van der Waals surface area contributed by atoms with E-state index in [1.165, 1.54) is 33.4 Å². The molecule has 1 aliphatic carbocycles. The smallest absolute Gasteiger partial charge is 0.227 e. The molecule has 10 rings (SSSR count). The maximum atomic E-state index is 6.59. The fourth-order valence-electron chi connectivity index (χ4n) is 7.81. The van der Waals surface area contributed by atoms with Crippen molar-refractivity contribution >= 4 is 50.1 Å². The highest BCUT2D eigenvalue weighted by Crippen LogP contribution is 2.54. The predicted octanol–water partition coefficient (Wildman–Crippen LogP) is 12.8. The zero-order valence-electron chi connectivity index (χ0n) is 27.7. The molecule has 4 nitrogen and oxygen atoms in total. The minimum Gasteiger partial charge on any atom is -0.456 e. The summed E-state index contributed by atoms with van der Waals surface area (Å²) in [6, 6.07) is 55.5. The molecule has 0 radical (unpaired) electrons. The van der Waals surface area contributed by atoms with Crippen LogP contribution in [0.25, 0.3) is 66.7 Å². The van der Waals surface area contributed by atoms with Crippen LogP contribution in [0.1, 0.15) is 25.0 Å². The van der Waals surface area contributed by atoms with Crippen LogP contribution in [0.3, 0.4) is 0 Å². The molecule has 0 atom stereocenters. The summed E-state index contributed by atoms with van der Waals surface area (Å²) in [5.41, 5.74) is 14.8. The van der Waals surface area contributed by atoms with Gasteiger partial charge in [-0.05, 0) is 76.3 Å². The van der Waals surface area contributed by atoms with Crippen LogP contribution in [-0.2, 0) is 5.41 Å². The van der Waals surface area contributed by atoms with Gasteiger partial charge < -0.3 is 13.7 Å². The quantitative estimate of drug-likeness (QED) is 0.187. The maximum absolute atomic E-state index is 6.59. The van der Waals surface area contributed by atoms with Crippen molar-refractivity contribution in [2.75, 3.05) is 4.90 Å². The molecular formula is C46H32N2O2. The third-order valence-corrected chi connectivity index (χ3v) is 10.3. The second-order valence-electron chi connectivity index (χ2n) is 13.6. The van der Waals surface area contributed by atoms with Crippen LogP contribution >= 0.6 is 0 Å². The van der Waals surface area contributed by atoms with E-state index >= 15 is 0 Å². The van der Waals surface area contributed by atoms with Crippen molar-refractivity contribution in [3.05, 3.63) is 169 Å². The highest BCUT2D eigenvalue weighted by atomic mass is 16.4. The zero-order chi connectivity index (χ0) is 33.4. The summed E-state index contributed by atoms with van der Waals surface area (Å²) in [6.45, 7) is 4.66. The molecule has 0 saturated heterocycles. The first-order chi connectivity index (χ1) is 24.5. The van der Waals surface area contributed by atoms with Crippen molar-refractivity contribution in [3.8, 4) is 33.7 Å². The number of hydrogen-bond donors (Lipinski definition) is 0. The Kier molecular flexibility index (Phi) is 6.19. The largest absolute Gasteiger partial charge is 0.456 e. The Labute approximate surface area is 289 Å². The molecule has 0 amide bonds. The molecule has 4 heteroatoms. The predicted molar refractivity (Wildman–Crippen MR) is 204 cm³/mol. The SMILES string of the molecule is CC1(C)c2ccccc2-c2c(N(c3ccc(-c4ccccc4)cc3)c3ccc4c(c3)oc3cc5nc(-c6ccccc6)oc5cc34)cccc21. The molecule has 0 spiro atoms. The lowest BCUT2D eigenvalue weighted by atomic mass is 9.82. The molecule has 7 aromatic carbocycles. The summed E-state index contributed by atoms with van der Waals surface area (Å²) in [6.07, 6.45) is 0. The molecule has 0 fully saturated rings. The lowest BCUT2D eigenvalue weighted by molar-refractivity contribution is 0.620. The summed E-state index contributed by atoms with van der Waals surface area (Å²) in [7, 11) is 0. The first kappa shape index (κ1) is 28.6. The van der Waals surface area contributed by atoms with Crippen molar-refractivity contribution in [2.45, 2.75) is 19.3 Å². The van der Waals surface area contributed by atoms with Gasteiger partial charge in [-0.3, -0.25) is 0 Å². The Bertz CT molecular complexity index is 2720. The van der Waals surface area contributed by atoms with Crippen molar-refractivity contribution in [1.29, 1.82) is 0 Å². The van der Waals surface area contributed by atoms with Crippen LogP contribution in [0.15, 0.2) is 167 Å². The lowest BCUT2D eigenvalue weighted by Gasteiger charge is -2.29. The monoisotopic (exact) mass is 644 g/mol. The number of benzene rings is 7. The standard InChI is InChI=1S/C46H32N2O2/c1-46(2)37-17-10-9-16-35(37)44-38(46)18-11-19-40(44)48(32-22-20-30(21-23-32)29-12-5-3-6-13-29)33-24-25-34-36-27-43-39(28-42(36)49-41(34)26-33)47-45(50-43)31-14-7-4-8-15-31/h3-28H,1-2H3.